The number of aromatic nitrogens is 3. The van der Waals surface area contributed by atoms with Crippen LogP contribution in [0.25, 0.3) is 22.5 Å². The Morgan fingerprint density at radius 2 is 1.84 bits per heavy atom. The Hall–Kier alpha value is -3.48. The Labute approximate surface area is 226 Å². The summed E-state index contributed by atoms with van der Waals surface area (Å²) in [5.41, 5.74) is 10.3. The van der Waals surface area contributed by atoms with E-state index in [4.69, 9.17) is 10.5 Å². The predicted molar refractivity (Wildman–Crippen MR) is 147 cm³/mol. The number of esters is 1. The van der Waals surface area contributed by atoms with E-state index in [1.165, 1.54) is 29.3 Å². The van der Waals surface area contributed by atoms with Crippen molar-refractivity contribution in [2.75, 3.05) is 18.2 Å². The number of nitrogens with one attached hydrogen (secondary N) is 1. The molecule has 1 aromatic carbocycles. The highest BCUT2D eigenvalue weighted by Gasteiger charge is 2.26. The van der Waals surface area contributed by atoms with Gasteiger partial charge < -0.3 is 20.4 Å². The minimum atomic E-state index is -0.678. The number of thiophene rings is 2. The van der Waals surface area contributed by atoms with Crippen molar-refractivity contribution in [3.8, 4) is 22.5 Å². The molecule has 192 valence electrons. The molecule has 0 saturated carbocycles. The number of aryl methyl sites for hydroxylation is 2. The highest BCUT2D eigenvalue weighted by molar-refractivity contribution is 7.99. The zero-order valence-corrected chi connectivity index (χ0v) is 23.3. The average Bonchev–Trinajstić information content (AvgIpc) is 3.52. The predicted octanol–water partition coefficient (Wildman–Crippen LogP) is 4.81. The molecule has 9 nitrogen and oxygen atoms in total. The molecule has 12 heteroatoms. The zero-order chi connectivity index (χ0) is 26.9. The van der Waals surface area contributed by atoms with Crippen LogP contribution in [0.1, 0.15) is 36.0 Å². The van der Waals surface area contributed by atoms with Crippen LogP contribution in [-0.2, 0) is 16.6 Å². The number of hydrogen-bond donors (Lipinski definition) is 2. The molecule has 0 aliphatic rings. The van der Waals surface area contributed by atoms with Gasteiger partial charge in [0.25, 0.3) is 5.91 Å². The number of ether oxygens (including phenoxy) is 1. The van der Waals surface area contributed by atoms with Gasteiger partial charge >= 0.3 is 5.97 Å². The summed E-state index contributed by atoms with van der Waals surface area (Å²) >= 11 is 3.81. The lowest BCUT2D eigenvalue weighted by atomic mass is 10.0. The smallest absolute Gasteiger partial charge is 0.341 e. The molecule has 0 aliphatic heterocycles. The van der Waals surface area contributed by atoms with E-state index >= 15 is 0 Å². The number of amides is 2. The summed E-state index contributed by atoms with van der Waals surface area (Å²) in [6, 6.07) is 8.37. The molecule has 0 spiro atoms. The molecule has 2 amide bonds. The van der Waals surface area contributed by atoms with Crippen molar-refractivity contribution in [1.82, 2.24) is 14.8 Å². The quantitative estimate of drug-likeness (QED) is 0.236. The van der Waals surface area contributed by atoms with Gasteiger partial charge in [0.1, 0.15) is 5.00 Å². The average molecular weight is 556 g/mol. The number of benzene rings is 1. The summed E-state index contributed by atoms with van der Waals surface area (Å²) in [6.45, 7) is 5.73. The van der Waals surface area contributed by atoms with Gasteiger partial charge in [-0.3, -0.25) is 9.59 Å². The number of methoxy groups -OCH3 is 1. The Morgan fingerprint density at radius 3 is 2.49 bits per heavy atom. The summed E-state index contributed by atoms with van der Waals surface area (Å²) in [7, 11) is 3.09. The highest BCUT2D eigenvalue weighted by atomic mass is 32.2. The van der Waals surface area contributed by atoms with Crippen molar-refractivity contribution >= 4 is 57.2 Å². The molecule has 3 N–H and O–H groups in total. The number of primary amides is 1. The largest absolute Gasteiger partial charge is 0.465 e. The second kappa shape index (κ2) is 10.9. The number of nitrogens with zero attached hydrogens (tertiary/aromatic N) is 3. The summed E-state index contributed by atoms with van der Waals surface area (Å²) in [4.78, 5) is 38.1. The van der Waals surface area contributed by atoms with E-state index in [1.54, 1.807) is 18.3 Å². The maximum atomic E-state index is 12.7. The van der Waals surface area contributed by atoms with Crippen LogP contribution in [0.5, 0.6) is 0 Å². The van der Waals surface area contributed by atoms with Crippen LogP contribution in [0.4, 0.5) is 5.00 Å². The third-order valence-electron chi connectivity index (χ3n) is 5.74. The lowest BCUT2D eigenvalue weighted by molar-refractivity contribution is -0.113. The third kappa shape index (κ3) is 5.31. The fourth-order valence-electron chi connectivity index (χ4n) is 3.85. The van der Waals surface area contributed by atoms with E-state index in [0.717, 1.165) is 28.0 Å². The number of hydrogen-bond acceptors (Lipinski definition) is 9. The Bertz CT molecular complexity index is 1500. The van der Waals surface area contributed by atoms with E-state index < -0.39 is 11.9 Å². The van der Waals surface area contributed by atoms with E-state index in [9.17, 15) is 14.4 Å². The van der Waals surface area contributed by atoms with Gasteiger partial charge in [-0.25, -0.2) is 4.79 Å². The lowest BCUT2D eigenvalue weighted by Crippen LogP contribution is -2.16. The first kappa shape index (κ1) is 26.6. The van der Waals surface area contributed by atoms with Gasteiger partial charge in [0.15, 0.2) is 11.0 Å². The molecule has 0 atom stereocenters. The Balaban J connectivity index is 1.52. The molecule has 0 fully saturated rings. The van der Waals surface area contributed by atoms with Crippen LogP contribution in [0.2, 0.25) is 0 Å². The van der Waals surface area contributed by atoms with Gasteiger partial charge in [0.05, 0.1) is 23.3 Å². The first-order valence-electron chi connectivity index (χ1n) is 11.1. The molecule has 37 heavy (non-hydrogen) atoms. The first-order valence-corrected chi connectivity index (χ1v) is 13.8. The zero-order valence-electron chi connectivity index (χ0n) is 20.9. The molecule has 3 aromatic heterocycles. The van der Waals surface area contributed by atoms with Crippen molar-refractivity contribution in [2.24, 2.45) is 12.8 Å². The molecular formula is C25H25N5O4S3. The topological polar surface area (TPSA) is 129 Å². The first-order chi connectivity index (χ1) is 17.6. The van der Waals surface area contributed by atoms with Crippen molar-refractivity contribution in [1.29, 1.82) is 0 Å². The van der Waals surface area contributed by atoms with Crippen LogP contribution in [0.3, 0.4) is 0 Å². The summed E-state index contributed by atoms with van der Waals surface area (Å²) in [6.07, 6.45) is 0. The van der Waals surface area contributed by atoms with Crippen molar-refractivity contribution < 1.29 is 19.1 Å². The molecule has 3 heterocycles. The summed E-state index contributed by atoms with van der Waals surface area (Å²) < 4.78 is 6.67. The van der Waals surface area contributed by atoms with Crippen molar-refractivity contribution in [3.63, 3.8) is 0 Å². The Kier molecular flexibility index (Phi) is 7.81. The van der Waals surface area contributed by atoms with Gasteiger partial charge in [-0.1, -0.05) is 41.6 Å². The van der Waals surface area contributed by atoms with E-state index in [1.807, 2.05) is 11.6 Å². The lowest BCUT2D eigenvalue weighted by Gasteiger charge is -2.08. The number of rotatable bonds is 8. The van der Waals surface area contributed by atoms with E-state index in [0.29, 0.717) is 16.5 Å². The Morgan fingerprint density at radius 1 is 1.14 bits per heavy atom. The minimum Gasteiger partial charge on any atom is -0.465 e. The van der Waals surface area contributed by atoms with Crippen LogP contribution < -0.4 is 11.1 Å². The highest BCUT2D eigenvalue weighted by Crippen LogP contribution is 2.39. The third-order valence-corrected chi connectivity index (χ3v) is 8.89. The molecule has 0 aliphatic carbocycles. The number of thioether (sulfide) groups is 1. The van der Waals surface area contributed by atoms with Gasteiger partial charge in [-0.2, -0.15) is 0 Å². The van der Waals surface area contributed by atoms with Crippen LogP contribution in [0, 0.1) is 20.8 Å². The molecule has 0 saturated heterocycles. The van der Waals surface area contributed by atoms with Crippen molar-refractivity contribution in [3.05, 3.63) is 56.1 Å². The number of carbonyl (C=O) groups excluding carboxylic acids is 3. The SMILES string of the molecule is COC(=O)c1c(NC(=O)CSc2nnc(-c3csc(C)c3-c3ccc(C)cc3)n2C)sc(C(N)=O)c1C. The second-order valence-electron chi connectivity index (χ2n) is 8.26. The fraction of sp³-hybridized carbons (Fsp3) is 0.240. The normalized spacial score (nSPS) is 10.9. The van der Waals surface area contributed by atoms with Gasteiger partial charge in [-0.15, -0.1) is 32.9 Å². The maximum absolute atomic E-state index is 12.7. The summed E-state index contributed by atoms with van der Waals surface area (Å²) in [5.74, 6) is -0.983. The molecule has 0 radical (unpaired) electrons. The molecular weight excluding hydrogens is 531 g/mol. The number of nitrogens with two attached hydrogens (primary N) is 1. The van der Waals surface area contributed by atoms with Gasteiger partial charge in [0, 0.05) is 28.4 Å². The maximum Gasteiger partial charge on any atom is 0.341 e. The molecule has 0 unspecified atom stereocenters. The van der Waals surface area contributed by atoms with Gasteiger partial charge in [-0.05, 0) is 31.9 Å². The van der Waals surface area contributed by atoms with Gasteiger partial charge in [0.2, 0.25) is 5.91 Å². The van der Waals surface area contributed by atoms with Crippen molar-refractivity contribution in [2.45, 2.75) is 25.9 Å². The second-order valence-corrected chi connectivity index (χ2v) is 11.3. The van der Waals surface area contributed by atoms with Crippen LogP contribution in [-0.4, -0.2) is 45.4 Å². The molecule has 0 bridgehead atoms. The monoisotopic (exact) mass is 555 g/mol. The molecule has 4 rings (SSSR count). The number of carbonyl (C=O) groups is 3. The molecule has 4 aromatic rings. The fourth-order valence-corrected chi connectivity index (χ4v) is 6.49. The standard InChI is InChI=1S/C25H25N5O4S3/c1-12-6-8-15(9-7-12)19-14(3)35-10-16(19)22-28-29-25(30(22)4)36-11-17(31)27-23-18(24(33)34-5)13(2)20(37-23)21(26)32/h6-10H,11H2,1-5H3,(H2,26,32)(H,27,31). The van der Waals surface area contributed by atoms with E-state index in [-0.39, 0.29) is 27.1 Å². The van der Waals surface area contributed by atoms with E-state index in [2.05, 4.69) is 59.0 Å². The van der Waals surface area contributed by atoms with Crippen LogP contribution in [0.15, 0.2) is 34.8 Å². The summed E-state index contributed by atoms with van der Waals surface area (Å²) in [5, 5.41) is 14.3. The number of anilines is 1. The van der Waals surface area contributed by atoms with Crippen LogP contribution >= 0.6 is 34.4 Å². The minimum absolute atomic E-state index is 0.0168.